The number of hydrazone groups is 1. The van der Waals surface area contributed by atoms with Crippen molar-refractivity contribution in [3.63, 3.8) is 0 Å². The molecule has 0 spiro atoms. The van der Waals surface area contributed by atoms with Gasteiger partial charge in [0.1, 0.15) is 0 Å². The molecular formula is C19H16N4O3. The van der Waals surface area contributed by atoms with E-state index >= 15 is 0 Å². The predicted octanol–water partition coefficient (Wildman–Crippen LogP) is 3.08. The largest absolute Gasteiger partial charge is 0.459 e. The minimum absolute atomic E-state index is 0.227. The molecule has 1 aromatic carbocycles. The van der Waals surface area contributed by atoms with E-state index in [9.17, 15) is 9.59 Å². The molecule has 0 unspecified atom stereocenters. The standard InChI is InChI=1S/C19H16N4O3/c1-13(22-23-18(24)14-7-9-20-10-8-14)15-4-2-5-16(12-15)21-19(25)17-6-3-11-26-17/h2-12H,1H3,(H,21,25)(H,23,24)/b22-13-. The van der Waals surface area contributed by atoms with Gasteiger partial charge in [0.25, 0.3) is 11.8 Å². The molecule has 0 aliphatic carbocycles. The molecule has 2 heterocycles. The first-order chi connectivity index (χ1) is 12.6. The number of amides is 2. The van der Waals surface area contributed by atoms with Crippen LogP contribution in [0.5, 0.6) is 0 Å². The molecular weight excluding hydrogens is 332 g/mol. The molecule has 2 aromatic heterocycles. The Morgan fingerprint density at radius 2 is 1.81 bits per heavy atom. The van der Waals surface area contributed by atoms with Gasteiger partial charge in [0.2, 0.25) is 0 Å². The van der Waals surface area contributed by atoms with Crippen molar-refractivity contribution in [2.24, 2.45) is 5.10 Å². The fourth-order valence-corrected chi connectivity index (χ4v) is 2.19. The summed E-state index contributed by atoms with van der Waals surface area (Å²) in [6, 6.07) is 13.6. The number of rotatable bonds is 5. The van der Waals surface area contributed by atoms with Crippen LogP contribution < -0.4 is 10.7 Å². The smallest absolute Gasteiger partial charge is 0.291 e. The Morgan fingerprint density at radius 3 is 2.54 bits per heavy atom. The van der Waals surface area contributed by atoms with Gasteiger partial charge in [-0.3, -0.25) is 14.6 Å². The van der Waals surface area contributed by atoms with Crippen LogP contribution in [0.4, 0.5) is 5.69 Å². The first-order valence-corrected chi connectivity index (χ1v) is 7.83. The van der Waals surface area contributed by atoms with E-state index < -0.39 is 0 Å². The summed E-state index contributed by atoms with van der Waals surface area (Å²) < 4.78 is 5.06. The highest BCUT2D eigenvalue weighted by molar-refractivity contribution is 6.04. The number of carbonyl (C=O) groups is 2. The third kappa shape index (κ3) is 4.21. The lowest BCUT2D eigenvalue weighted by atomic mass is 10.1. The molecule has 3 aromatic rings. The average Bonchev–Trinajstić information content (AvgIpc) is 3.22. The van der Waals surface area contributed by atoms with Gasteiger partial charge >= 0.3 is 0 Å². The molecule has 7 nitrogen and oxygen atoms in total. The van der Waals surface area contributed by atoms with Crippen molar-refractivity contribution >= 4 is 23.2 Å². The molecule has 2 N–H and O–H groups in total. The zero-order valence-corrected chi connectivity index (χ0v) is 14.0. The van der Waals surface area contributed by atoms with Crippen LogP contribution >= 0.6 is 0 Å². The van der Waals surface area contributed by atoms with Crippen molar-refractivity contribution in [1.82, 2.24) is 10.4 Å². The zero-order valence-electron chi connectivity index (χ0n) is 14.0. The lowest BCUT2D eigenvalue weighted by molar-refractivity contribution is 0.0953. The van der Waals surface area contributed by atoms with Crippen LogP contribution in [0.25, 0.3) is 0 Å². The van der Waals surface area contributed by atoms with Crippen molar-refractivity contribution in [2.45, 2.75) is 6.92 Å². The van der Waals surface area contributed by atoms with E-state index in [1.807, 2.05) is 6.07 Å². The fraction of sp³-hybridized carbons (Fsp3) is 0.0526. The number of pyridine rings is 1. The quantitative estimate of drug-likeness (QED) is 0.547. The van der Waals surface area contributed by atoms with E-state index in [-0.39, 0.29) is 17.6 Å². The Hall–Kier alpha value is -3.74. The topological polar surface area (TPSA) is 96.6 Å². The molecule has 0 saturated heterocycles. The Kier molecular flexibility index (Phi) is 5.19. The summed E-state index contributed by atoms with van der Waals surface area (Å²) >= 11 is 0. The maximum Gasteiger partial charge on any atom is 0.291 e. The molecule has 0 fully saturated rings. The van der Waals surface area contributed by atoms with Gasteiger partial charge < -0.3 is 9.73 Å². The van der Waals surface area contributed by atoms with Crippen LogP contribution in [-0.4, -0.2) is 22.5 Å². The van der Waals surface area contributed by atoms with Crippen molar-refractivity contribution in [3.05, 3.63) is 84.1 Å². The van der Waals surface area contributed by atoms with Gasteiger partial charge in [-0.15, -0.1) is 0 Å². The summed E-state index contributed by atoms with van der Waals surface area (Å²) in [7, 11) is 0. The minimum atomic E-state index is -0.340. The maximum atomic E-state index is 12.0. The van der Waals surface area contributed by atoms with E-state index in [1.165, 1.54) is 18.7 Å². The molecule has 3 rings (SSSR count). The molecule has 0 radical (unpaired) electrons. The number of anilines is 1. The molecule has 0 atom stereocenters. The van der Waals surface area contributed by atoms with E-state index in [0.717, 1.165) is 5.56 Å². The predicted molar refractivity (Wildman–Crippen MR) is 97.0 cm³/mol. The highest BCUT2D eigenvalue weighted by atomic mass is 16.3. The fourth-order valence-electron chi connectivity index (χ4n) is 2.19. The van der Waals surface area contributed by atoms with Crippen LogP contribution in [0.15, 0.2) is 76.7 Å². The third-order valence-corrected chi connectivity index (χ3v) is 3.55. The van der Waals surface area contributed by atoms with Gasteiger partial charge in [-0.25, -0.2) is 5.43 Å². The Morgan fingerprint density at radius 1 is 1.00 bits per heavy atom. The number of nitrogens with zero attached hydrogens (tertiary/aromatic N) is 2. The summed E-state index contributed by atoms with van der Waals surface area (Å²) in [5.74, 6) is -0.438. The monoisotopic (exact) mass is 348 g/mol. The second kappa shape index (κ2) is 7.89. The molecule has 26 heavy (non-hydrogen) atoms. The first-order valence-electron chi connectivity index (χ1n) is 7.83. The first kappa shape index (κ1) is 17.1. The number of benzene rings is 1. The normalized spacial score (nSPS) is 11.0. The second-order valence-corrected chi connectivity index (χ2v) is 5.39. The van der Waals surface area contributed by atoms with Crippen LogP contribution in [0.1, 0.15) is 33.4 Å². The third-order valence-electron chi connectivity index (χ3n) is 3.55. The second-order valence-electron chi connectivity index (χ2n) is 5.39. The Bertz CT molecular complexity index is 934. The van der Waals surface area contributed by atoms with Gasteiger partial charge in [-0.1, -0.05) is 12.1 Å². The van der Waals surface area contributed by atoms with E-state index in [1.54, 1.807) is 49.4 Å². The summed E-state index contributed by atoms with van der Waals surface area (Å²) in [4.78, 5) is 27.9. The van der Waals surface area contributed by atoms with Crippen LogP contribution in [-0.2, 0) is 0 Å². The number of aromatic nitrogens is 1. The maximum absolute atomic E-state index is 12.0. The van der Waals surface area contributed by atoms with Crippen LogP contribution in [0.2, 0.25) is 0 Å². The van der Waals surface area contributed by atoms with Gasteiger partial charge in [-0.2, -0.15) is 5.10 Å². The number of hydrogen-bond donors (Lipinski definition) is 2. The number of hydrogen-bond acceptors (Lipinski definition) is 5. The lowest BCUT2D eigenvalue weighted by Crippen LogP contribution is -2.19. The summed E-state index contributed by atoms with van der Waals surface area (Å²) in [5, 5.41) is 6.85. The minimum Gasteiger partial charge on any atom is -0.459 e. The molecule has 0 bridgehead atoms. The van der Waals surface area contributed by atoms with Crippen molar-refractivity contribution in [2.75, 3.05) is 5.32 Å². The zero-order chi connectivity index (χ0) is 18.4. The SMILES string of the molecule is C/C(=N/NC(=O)c1ccncc1)c1cccc(NC(=O)c2ccco2)c1. The number of carbonyl (C=O) groups excluding carboxylic acids is 2. The Labute approximate surface area is 149 Å². The van der Waals surface area contributed by atoms with E-state index in [0.29, 0.717) is 17.0 Å². The highest BCUT2D eigenvalue weighted by Gasteiger charge is 2.09. The highest BCUT2D eigenvalue weighted by Crippen LogP contribution is 2.13. The summed E-state index contributed by atoms with van der Waals surface area (Å²) in [6.45, 7) is 1.76. The molecule has 0 aliphatic heterocycles. The van der Waals surface area contributed by atoms with Crippen molar-refractivity contribution in [3.8, 4) is 0 Å². The van der Waals surface area contributed by atoms with Crippen LogP contribution in [0, 0.1) is 0 Å². The molecule has 7 heteroatoms. The van der Waals surface area contributed by atoms with Crippen molar-refractivity contribution < 1.29 is 14.0 Å². The lowest BCUT2D eigenvalue weighted by Gasteiger charge is -2.07. The van der Waals surface area contributed by atoms with Gasteiger partial charge in [0, 0.05) is 23.6 Å². The molecule has 0 aliphatic rings. The summed E-state index contributed by atoms with van der Waals surface area (Å²) in [6.07, 6.45) is 4.51. The molecule has 2 amide bonds. The molecule has 0 saturated carbocycles. The number of nitrogens with one attached hydrogen (secondary N) is 2. The van der Waals surface area contributed by atoms with Gasteiger partial charge in [0.15, 0.2) is 5.76 Å². The van der Waals surface area contributed by atoms with E-state index in [2.05, 4.69) is 20.8 Å². The van der Waals surface area contributed by atoms with Gasteiger partial charge in [0.05, 0.1) is 12.0 Å². The molecule has 130 valence electrons. The van der Waals surface area contributed by atoms with Gasteiger partial charge in [-0.05, 0) is 48.9 Å². The average molecular weight is 348 g/mol. The van der Waals surface area contributed by atoms with Crippen LogP contribution in [0.3, 0.4) is 0 Å². The number of furan rings is 1. The summed E-state index contributed by atoms with van der Waals surface area (Å²) in [5.41, 5.74) is 4.92. The van der Waals surface area contributed by atoms with E-state index in [4.69, 9.17) is 4.42 Å². The Balaban J connectivity index is 1.68. The van der Waals surface area contributed by atoms with Crippen molar-refractivity contribution in [1.29, 1.82) is 0 Å².